The fraction of sp³-hybridized carbons (Fsp3) is 0.300. The van der Waals surface area contributed by atoms with E-state index in [4.69, 9.17) is 5.73 Å². The fourth-order valence-corrected chi connectivity index (χ4v) is 1.37. The molecule has 3 N–H and O–H groups in total. The van der Waals surface area contributed by atoms with Crippen LogP contribution in [0.1, 0.15) is 5.82 Å². The number of nitrogens with zero attached hydrogens (tertiary/aromatic N) is 4. The molecule has 2 heterocycles. The molecule has 0 aliphatic rings. The van der Waals surface area contributed by atoms with E-state index in [1.54, 1.807) is 23.4 Å². The van der Waals surface area contributed by atoms with Gasteiger partial charge in [0.05, 0.1) is 17.6 Å². The van der Waals surface area contributed by atoms with Crippen molar-refractivity contribution in [1.82, 2.24) is 19.7 Å². The number of pyridine rings is 1. The summed E-state index contributed by atoms with van der Waals surface area (Å²) in [6.45, 7) is 0.759. The normalized spacial score (nSPS) is 10.3. The molecule has 2 aromatic rings. The van der Waals surface area contributed by atoms with Gasteiger partial charge >= 0.3 is 0 Å². The maximum Gasteiger partial charge on any atom is 0.152 e. The zero-order chi connectivity index (χ0) is 11.4. The lowest BCUT2D eigenvalue weighted by atomic mass is 10.3. The van der Waals surface area contributed by atoms with Gasteiger partial charge in [0.15, 0.2) is 5.82 Å². The largest absolute Gasteiger partial charge is 0.397 e. The third-order valence-corrected chi connectivity index (χ3v) is 2.08. The molecule has 16 heavy (non-hydrogen) atoms. The zero-order valence-electron chi connectivity index (χ0n) is 9.09. The van der Waals surface area contributed by atoms with Crippen LogP contribution in [0.3, 0.4) is 0 Å². The molecule has 0 unspecified atom stereocenters. The third-order valence-electron chi connectivity index (χ3n) is 2.08. The molecule has 84 valence electrons. The van der Waals surface area contributed by atoms with Gasteiger partial charge in [0, 0.05) is 26.2 Å². The van der Waals surface area contributed by atoms with E-state index in [1.807, 2.05) is 13.1 Å². The quantitative estimate of drug-likeness (QED) is 0.778. The Balaban J connectivity index is 1.84. The lowest BCUT2D eigenvalue weighted by Crippen LogP contribution is -2.07. The van der Waals surface area contributed by atoms with Gasteiger partial charge in [-0.2, -0.15) is 5.10 Å². The van der Waals surface area contributed by atoms with Gasteiger partial charge in [0.2, 0.25) is 0 Å². The Morgan fingerprint density at radius 1 is 1.44 bits per heavy atom. The second kappa shape index (κ2) is 4.61. The molecule has 2 aromatic heterocycles. The molecule has 0 aliphatic heterocycles. The van der Waals surface area contributed by atoms with Crippen molar-refractivity contribution < 1.29 is 0 Å². The van der Waals surface area contributed by atoms with Crippen LogP contribution in [0.5, 0.6) is 0 Å². The number of nitrogens with two attached hydrogens (primary N) is 1. The lowest BCUT2D eigenvalue weighted by Gasteiger charge is -2.04. The highest BCUT2D eigenvalue weighted by Crippen LogP contribution is 2.08. The first-order valence-electron chi connectivity index (χ1n) is 5.03. The molecular weight excluding hydrogens is 204 g/mol. The zero-order valence-corrected chi connectivity index (χ0v) is 9.09. The van der Waals surface area contributed by atoms with Gasteiger partial charge in [0.1, 0.15) is 6.33 Å². The Morgan fingerprint density at radius 2 is 2.31 bits per heavy atom. The van der Waals surface area contributed by atoms with Gasteiger partial charge in [-0.05, 0) is 6.07 Å². The average Bonchev–Trinajstić information content (AvgIpc) is 2.64. The van der Waals surface area contributed by atoms with Crippen LogP contribution in [0.15, 0.2) is 24.8 Å². The topological polar surface area (TPSA) is 81.7 Å². The first-order valence-corrected chi connectivity index (χ1v) is 5.03. The highest BCUT2D eigenvalue weighted by atomic mass is 15.3. The summed E-state index contributed by atoms with van der Waals surface area (Å²) in [5.74, 6) is 0.826. The molecule has 0 aromatic carbocycles. The minimum Gasteiger partial charge on any atom is -0.397 e. The second-order valence-corrected chi connectivity index (χ2v) is 3.52. The summed E-state index contributed by atoms with van der Waals surface area (Å²) in [5.41, 5.74) is 7.18. The van der Waals surface area contributed by atoms with Gasteiger partial charge < -0.3 is 11.1 Å². The van der Waals surface area contributed by atoms with Gasteiger partial charge in [-0.15, -0.1) is 0 Å². The molecule has 2 rings (SSSR count). The first kappa shape index (κ1) is 10.4. The molecule has 0 saturated carbocycles. The number of aromatic nitrogens is 4. The van der Waals surface area contributed by atoms with Crippen molar-refractivity contribution in [2.24, 2.45) is 7.05 Å². The first-order chi connectivity index (χ1) is 7.74. The van der Waals surface area contributed by atoms with Crippen molar-refractivity contribution in [3.63, 3.8) is 0 Å². The molecule has 0 amide bonds. The van der Waals surface area contributed by atoms with Crippen LogP contribution in [0.25, 0.3) is 0 Å². The summed E-state index contributed by atoms with van der Waals surface area (Å²) in [6, 6.07) is 1.85. The molecule has 0 saturated heterocycles. The average molecular weight is 218 g/mol. The van der Waals surface area contributed by atoms with Crippen LogP contribution < -0.4 is 11.1 Å². The Labute approximate surface area is 93.5 Å². The molecular formula is C10H14N6. The molecule has 0 aliphatic carbocycles. The van der Waals surface area contributed by atoms with E-state index in [0.717, 1.165) is 24.5 Å². The molecule has 0 atom stereocenters. The fourth-order valence-electron chi connectivity index (χ4n) is 1.37. The van der Waals surface area contributed by atoms with E-state index >= 15 is 0 Å². The minimum absolute atomic E-state index is 0.654. The monoisotopic (exact) mass is 218 g/mol. The van der Waals surface area contributed by atoms with Crippen LogP contribution in [0.4, 0.5) is 11.4 Å². The van der Waals surface area contributed by atoms with Crippen molar-refractivity contribution >= 4 is 11.4 Å². The Hall–Kier alpha value is -2.11. The summed E-state index contributed by atoms with van der Waals surface area (Å²) in [4.78, 5) is 8.13. The number of anilines is 2. The number of nitrogen functional groups attached to an aromatic ring is 1. The number of aryl methyl sites for hydroxylation is 1. The molecule has 0 radical (unpaired) electrons. The van der Waals surface area contributed by atoms with Crippen molar-refractivity contribution in [2.75, 3.05) is 17.6 Å². The van der Waals surface area contributed by atoms with Crippen LogP contribution in [0, 0.1) is 0 Å². The van der Waals surface area contributed by atoms with Crippen molar-refractivity contribution in [2.45, 2.75) is 6.42 Å². The van der Waals surface area contributed by atoms with E-state index in [0.29, 0.717) is 5.69 Å². The Kier molecular flexibility index (Phi) is 3.00. The molecule has 0 spiro atoms. The second-order valence-electron chi connectivity index (χ2n) is 3.52. The van der Waals surface area contributed by atoms with E-state index in [9.17, 15) is 0 Å². The van der Waals surface area contributed by atoms with Crippen LogP contribution in [-0.4, -0.2) is 26.3 Å². The molecule has 0 bridgehead atoms. The highest BCUT2D eigenvalue weighted by Gasteiger charge is 1.98. The van der Waals surface area contributed by atoms with Gasteiger partial charge in [0.25, 0.3) is 0 Å². The molecule has 0 fully saturated rings. The van der Waals surface area contributed by atoms with Crippen molar-refractivity contribution in [1.29, 1.82) is 0 Å². The lowest BCUT2D eigenvalue weighted by molar-refractivity contribution is 0.742. The van der Waals surface area contributed by atoms with Gasteiger partial charge in [-0.25, -0.2) is 4.98 Å². The summed E-state index contributed by atoms with van der Waals surface area (Å²) >= 11 is 0. The van der Waals surface area contributed by atoms with E-state index in [1.165, 1.54) is 0 Å². The summed E-state index contributed by atoms with van der Waals surface area (Å²) in [7, 11) is 1.85. The van der Waals surface area contributed by atoms with Crippen molar-refractivity contribution in [3.05, 3.63) is 30.6 Å². The van der Waals surface area contributed by atoms with E-state index in [-0.39, 0.29) is 0 Å². The summed E-state index contributed by atoms with van der Waals surface area (Å²) in [5, 5.41) is 7.40. The Bertz CT molecular complexity index is 464. The van der Waals surface area contributed by atoms with Crippen molar-refractivity contribution in [3.8, 4) is 0 Å². The molecule has 6 heteroatoms. The number of hydrogen-bond donors (Lipinski definition) is 2. The smallest absolute Gasteiger partial charge is 0.152 e. The third kappa shape index (κ3) is 2.69. The maximum atomic E-state index is 5.61. The van der Waals surface area contributed by atoms with Crippen LogP contribution in [-0.2, 0) is 13.5 Å². The number of hydrogen-bond acceptors (Lipinski definition) is 5. The highest BCUT2D eigenvalue weighted by molar-refractivity contribution is 5.51. The van der Waals surface area contributed by atoms with Crippen LogP contribution in [0.2, 0.25) is 0 Å². The van der Waals surface area contributed by atoms with Gasteiger partial charge in [-0.3, -0.25) is 9.67 Å². The van der Waals surface area contributed by atoms with E-state index in [2.05, 4.69) is 20.4 Å². The van der Waals surface area contributed by atoms with Gasteiger partial charge in [-0.1, -0.05) is 0 Å². The Morgan fingerprint density at radius 3 is 3.00 bits per heavy atom. The number of nitrogens with one attached hydrogen (secondary N) is 1. The van der Waals surface area contributed by atoms with Crippen LogP contribution >= 0.6 is 0 Å². The summed E-state index contributed by atoms with van der Waals surface area (Å²) < 4.78 is 1.69. The predicted molar refractivity (Wildman–Crippen MR) is 61.8 cm³/mol. The summed E-state index contributed by atoms with van der Waals surface area (Å²) in [6.07, 6.45) is 5.82. The standard InChI is InChI=1S/C10H14N6/c1-16-7-14-10(15-16)2-3-13-9-4-8(11)5-12-6-9/h4-7,13H,2-3,11H2,1H3. The number of rotatable bonds is 4. The predicted octanol–water partition coefficient (Wildman–Crippen LogP) is 0.447. The van der Waals surface area contributed by atoms with E-state index < -0.39 is 0 Å². The molecule has 6 nitrogen and oxygen atoms in total. The SMILES string of the molecule is Cn1cnc(CCNc2cncc(N)c2)n1. The maximum absolute atomic E-state index is 5.61. The minimum atomic E-state index is 0.654.